The minimum absolute atomic E-state index is 0.0893. The van der Waals surface area contributed by atoms with Crippen molar-refractivity contribution in [3.63, 3.8) is 0 Å². The van der Waals surface area contributed by atoms with Crippen LogP contribution >= 0.6 is 11.6 Å². The van der Waals surface area contributed by atoms with E-state index in [0.29, 0.717) is 17.2 Å². The summed E-state index contributed by atoms with van der Waals surface area (Å²) in [7, 11) is 0. The first-order valence-electron chi connectivity index (χ1n) is 8.12. The normalized spacial score (nSPS) is 11.7. The van der Waals surface area contributed by atoms with Gasteiger partial charge in [0.2, 0.25) is 11.7 Å². The quantitative estimate of drug-likeness (QED) is 0.779. The van der Waals surface area contributed by atoms with Gasteiger partial charge in [-0.15, -0.1) is 0 Å². The van der Waals surface area contributed by atoms with Gasteiger partial charge in [-0.25, -0.2) is 0 Å². The average molecular weight is 375 g/mol. The van der Waals surface area contributed by atoms with E-state index in [2.05, 4.69) is 0 Å². The van der Waals surface area contributed by atoms with Crippen LogP contribution in [0.25, 0.3) is 0 Å². The van der Waals surface area contributed by atoms with Gasteiger partial charge in [-0.3, -0.25) is 14.2 Å². The maximum Gasteiger partial charge on any atom is 0.271 e. The summed E-state index contributed by atoms with van der Waals surface area (Å²) in [6, 6.07) is 8.14. The number of rotatable bonds is 6. The Morgan fingerprint density at radius 3 is 2.65 bits per heavy atom. The van der Waals surface area contributed by atoms with Crippen LogP contribution in [0.4, 0.5) is 0 Å². The number of Topliss-reactive ketones (excluding diaryl/α,β-unsaturated/α-hetero) is 1. The van der Waals surface area contributed by atoms with E-state index < -0.39 is 17.2 Å². The van der Waals surface area contributed by atoms with Gasteiger partial charge in [0.05, 0.1) is 10.6 Å². The van der Waals surface area contributed by atoms with E-state index in [-0.39, 0.29) is 29.3 Å². The fourth-order valence-electron chi connectivity index (χ4n) is 2.62. The lowest BCUT2D eigenvalue weighted by molar-refractivity contribution is 0.0916. The van der Waals surface area contributed by atoms with Gasteiger partial charge in [-0.05, 0) is 38.0 Å². The Hall–Kier alpha value is -2.78. The van der Waals surface area contributed by atoms with Crippen molar-refractivity contribution in [1.82, 2.24) is 4.57 Å². The third-order valence-corrected chi connectivity index (χ3v) is 4.56. The van der Waals surface area contributed by atoms with E-state index in [1.807, 2.05) is 13.0 Å². The van der Waals surface area contributed by atoms with Gasteiger partial charge in [0.1, 0.15) is 17.4 Å². The van der Waals surface area contributed by atoms with Crippen molar-refractivity contribution >= 4 is 17.4 Å². The average Bonchev–Trinajstić information content (AvgIpc) is 2.61. The molecule has 1 heterocycles. The number of benzene rings is 1. The van der Waals surface area contributed by atoms with E-state index >= 15 is 0 Å². The highest BCUT2D eigenvalue weighted by Gasteiger charge is 2.26. The smallest absolute Gasteiger partial charge is 0.271 e. The summed E-state index contributed by atoms with van der Waals surface area (Å²) in [6.07, 6.45) is 0.547. The summed E-state index contributed by atoms with van der Waals surface area (Å²) < 4.78 is 6.51. The molecular formula is C19H19ClN2O4. The van der Waals surface area contributed by atoms with Gasteiger partial charge in [-0.2, -0.15) is 5.26 Å². The maximum absolute atomic E-state index is 12.7. The molecule has 6 nitrogen and oxygen atoms in total. The van der Waals surface area contributed by atoms with E-state index in [0.717, 1.165) is 4.57 Å². The lowest BCUT2D eigenvalue weighted by Crippen LogP contribution is -2.29. The molecule has 7 heteroatoms. The number of carbonyl (C=O) groups excluding carboxylic acids is 1. The first-order chi connectivity index (χ1) is 12.3. The first kappa shape index (κ1) is 19.5. The van der Waals surface area contributed by atoms with Crippen molar-refractivity contribution in [3.8, 4) is 17.7 Å². The number of nitrogens with zero attached hydrogens (tertiary/aromatic N) is 2. The highest BCUT2D eigenvalue weighted by molar-refractivity contribution is 6.32. The van der Waals surface area contributed by atoms with Crippen LogP contribution in [0.1, 0.15) is 47.8 Å². The van der Waals surface area contributed by atoms with E-state index in [1.54, 1.807) is 31.2 Å². The minimum Gasteiger partial charge on any atom is -0.494 e. The molecular weight excluding hydrogens is 356 g/mol. The molecule has 0 radical (unpaired) electrons. The summed E-state index contributed by atoms with van der Waals surface area (Å²) in [5, 5.41) is 20.2. The van der Waals surface area contributed by atoms with Crippen LogP contribution in [0.3, 0.4) is 0 Å². The molecule has 0 spiro atoms. The molecule has 0 aliphatic heterocycles. The molecule has 1 N–H and O–H groups in total. The van der Waals surface area contributed by atoms with Gasteiger partial charge in [0, 0.05) is 6.04 Å². The van der Waals surface area contributed by atoms with Gasteiger partial charge in [0.15, 0.2) is 6.61 Å². The van der Waals surface area contributed by atoms with Crippen LogP contribution < -0.4 is 10.3 Å². The van der Waals surface area contributed by atoms with Crippen molar-refractivity contribution in [1.29, 1.82) is 5.26 Å². The van der Waals surface area contributed by atoms with Gasteiger partial charge in [-0.1, -0.05) is 30.7 Å². The van der Waals surface area contributed by atoms with Gasteiger partial charge in [0.25, 0.3) is 5.56 Å². The minimum atomic E-state index is -0.611. The molecule has 0 bridgehead atoms. The predicted molar refractivity (Wildman–Crippen MR) is 98.1 cm³/mol. The number of nitriles is 1. The van der Waals surface area contributed by atoms with Crippen LogP contribution in [0.2, 0.25) is 5.02 Å². The van der Waals surface area contributed by atoms with Crippen LogP contribution in [0, 0.1) is 18.3 Å². The summed E-state index contributed by atoms with van der Waals surface area (Å²) in [5.74, 6) is -0.669. The Labute approximate surface area is 156 Å². The lowest BCUT2D eigenvalue weighted by atomic mass is 10.0. The molecule has 2 rings (SSSR count). The third kappa shape index (κ3) is 3.58. The summed E-state index contributed by atoms with van der Waals surface area (Å²) in [5.41, 5.74) is -0.722. The number of aromatic hydroxyl groups is 1. The molecule has 1 aromatic carbocycles. The standard InChI is InChI=1S/C19H19ClN2O4/c1-4-11(2)22-18(24)13(9-21)12(3)17(19(22)25)15(23)10-26-16-8-6-5-7-14(16)20/h5-8,11,25H,4,10H2,1-3H3. The molecule has 2 aromatic rings. The summed E-state index contributed by atoms with van der Waals surface area (Å²) >= 11 is 6.00. The number of pyridine rings is 1. The molecule has 0 saturated carbocycles. The molecule has 0 saturated heterocycles. The zero-order valence-electron chi connectivity index (χ0n) is 14.7. The van der Waals surface area contributed by atoms with E-state index in [1.165, 1.54) is 6.92 Å². The van der Waals surface area contributed by atoms with Gasteiger partial charge < -0.3 is 9.84 Å². The number of ether oxygens (including phenoxy) is 1. The number of halogens is 1. The Kier molecular flexibility index (Phi) is 6.06. The fourth-order valence-corrected chi connectivity index (χ4v) is 2.81. The Morgan fingerprint density at radius 1 is 1.42 bits per heavy atom. The number of aromatic nitrogens is 1. The van der Waals surface area contributed by atoms with Crippen molar-refractivity contribution in [2.24, 2.45) is 0 Å². The molecule has 1 aromatic heterocycles. The third-order valence-electron chi connectivity index (χ3n) is 4.25. The van der Waals surface area contributed by atoms with Crippen LogP contribution in [0.15, 0.2) is 29.1 Å². The number of para-hydroxylation sites is 1. The monoisotopic (exact) mass is 374 g/mol. The van der Waals surface area contributed by atoms with Crippen LogP contribution in [-0.2, 0) is 0 Å². The van der Waals surface area contributed by atoms with Gasteiger partial charge >= 0.3 is 0 Å². The Bertz CT molecular complexity index is 944. The second kappa shape index (κ2) is 8.07. The molecule has 26 heavy (non-hydrogen) atoms. The molecule has 1 atom stereocenters. The topological polar surface area (TPSA) is 92.3 Å². The molecule has 0 fully saturated rings. The maximum atomic E-state index is 12.7. The highest BCUT2D eigenvalue weighted by Crippen LogP contribution is 2.27. The zero-order chi connectivity index (χ0) is 19.4. The largest absolute Gasteiger partial charge is 0.494 e. The number of hydrogen-bond donors (Lipinski definition) is 1. The van der Waals surface area contributed by atoms with E-state index in [4.69, 9.17) is 16.3 Å². The van der Waals surface area contributed by atoms with Crippen LogP contribution in [-0.4, -0.2) is 22.1 Å². The predicted octanol–water partition coefficient (Wildman–Crippen LogP) is 3.62. The Morgan fingerprint density at radius 2 is 2.08 bits per heavy atom. The first-order valence-corrected chi connectivity index (χ1v) is 8.49. The van der Waals surface area contributed by atoms with Crippen molar-refractivity contribution in [2.75, 3.05) is 6.61 Å². The number of ketones is 1. The fraction of sp³-hybridized carbons (Fsp3) is 0.316. The molecule has 0 amide bonds. The zero-order valence-corrected chi connectivity index (χ0v) is 15.5. The molecule has 1 unspecified atom stereocenters. The van der Waals surface area contributed by atoms with Crippen molar-refractivity contribution in [2.45, 2.75) is 33.2 Å². The summed E-state index contributed by atoms with van der Waals surface area (Å²) in [6.45, 7) is 4.64. The molecule has 0 aliphatic rings. The summed E-state index contributed by atoms with van der Waals surface area (Å²) in [4.78, 5) is 25.1. The second-order valence-electron chi connectivity index (χ2n) is 5.89. The number of hydrogen-bond acceptors (Lipinski definition) is 5. The van der Waals surface area contributed by atoms with Crippen molar-refractivity contribution in [3.05, 3.63) is 56.3 Å². The van der Waals surface area contributed by atoms with Crippen LogP contribution in [0.5, 0.6) is 11.6 Å². The SMILES string of the molecule is CCC(C)n1c(O)c(C(=O)COc2ccccc2Cl)c(C)c(C#N)c1=O. The van der Waals surface area contributed by atoms with Crippen molar-refractivity contribution < 1.29 is 14.6 Å². The second-order valence-corrected chi connectivity index (χ2v) is 6.29. The molecule has 136 valence electrons. The lowest BCUT2D eigenvalue weighted by Gasteiger charge is -2.19. The van der Waals surface area contributed by atoms with E-state index in [9.17, 15) is 20.0 Å². The highest BCUT2D eigenvalue weighted by atomic mass is 35.5. The number of carbonyl (C=O) groups is 1. The molecule has 0 aliphatic carbocycles. The Balaban J connectivity index is 2.48.